The van der Waals surface area contributed by atoms with Crippen LogP contribution < -0.4 is 20.7 Å². The number of aliphatic imine (C=N–C) groups is 1. The Hall–Kier alpha value is -2.29. The van der Waals surface area contributed by atoms with Crippen LogP contribution in [-0.4, -0.2) is 44.7 Å². The predicted octanol–water partition coefficient (Wildman–Crippen LogP) is 2.98. The molecule has 1 amide bonds. The van der Waals surface area contributed by atoms with Crippen LogP contribution in [0.1, 0.15) is 22.8 Å². The molecule has 0 aliphatic rings. The fourth-order valence-electron chi connectivity index (χ4n) is 2.46. The summed E-state index contributed by atoms with van der Waals surface area (Å²) in [5.41, 5.74) is 1.77. The van der Waals surface area contributed by atoms with Crippen LogP contribution in [0.4, 0.5) is 0 Å². The molecule has 0 fully saturated rings. The lowest BCUT2D eigenvalue weighted by molar-refractivity contribution is 0.0954. The maximum atomic E-state index is 12.0. The number of amides is 1. The number of hydrogen-bond donors (Lipinski definition) is 3. The van der Waals surface area contributed by atoms with Gasteiger partial charge in [-0.1, -0.05) is 36.4 Å². The van der Waals surface area contributed by atoms with Gasteiger partial charge >= 0.3 is 0 Å². The lowest BCUT2D eigenvalue weighted by atomic mass is 10.2. The Morgan fingerprint density at radius 1 is 1.00 bits per heavy atom. The topological polar surface area (TPSA) is 74.8 Å². The van der Waals surface area contributed by atoms with Gasteiger partial charge in [-0.15, -0.1) is 24.0 Å². The molecule has 1 atom stereocenters. The maximum absolute atomic E-state index is 12.0. The minimum atomic E-state index is -0.0828. The molecule has 152 valence electrons. The molecule has 3 N–H and O–H groups in total. The van der Waals surface area contributed by atoms with Crippen LogP contribution in [0.3, 0.4) is 0 Å². The first-order valence-electron chi connectivity index (χ1n) is 9.10. The molecule has 1 unspecified atom stereocenters. The Morgan fingerprint density at radius 2 is 1.64 bits per heavy atom. The molecule has 0 bridgehead atoms. The molecule has 7 heteroatoms. The van der Waals surface area contributed by atoms with Crippen LogP contribution in [0.25, 0.3) is 0 Å². The number of nitrogens with zero attached hydrogens (tertiary/aromatic N) is 1. The second kappa shape index (κ2) is 13.0. The van der Waals surface area contributed by atoms with E-state index in [0.29, 0.717) is 31.2 Å². The van der Waals surface area contributed by atoms with Gasteiger partial charge in [-0.05, 0) is 37.6 Å². The van der Waals surface area contributed by atoms with E-state index in [0.717, 1.165) is 11.3 Å². The number of aryl methyl sites for hydroxylation is 1. The quantitative estimate of drug-likeness (QED) is 0.228. The summed E-state index contributed by atoms with van der Waals surface area (Å²) in [6.45, 7) is 5.73. The Kier molecular flexibility index (Phi) is 11.0. The van der Waals surface area contributed by atoms with E-state index in [1.54, 1.807) is 19.2 Å². The van der Waals surface area contributed by atoms with Gasteiger partial charge in [0, 0.05) is 25.7 Å². The van der Waals surface area contributed by atoms with Gasteiger partial charge in [0.2, 0.25) is 0 Å². The summed E-state index contributed by atoms with van der Waals surface area (Å²) in [7, 11) is 1.71. The normalized spacial score (nSPS) is 11.8. The number of para-hydroxylation sites is 1. The Labute approximate surface area is 184 Å². The third-order valence-electron chi connectivity index (χ3n) is 3.94. The minimum absolute atomic E-state index is 0. The van der Waals surface area contributed by atoms with Gasteiger partial charge in [0.25, 0.3) is 5.91 Å². The summed E-state index contributed by atoms with van der Waals surface area (Å²) in [5.74, 6) is 1.48. The van der Waals surface area contributed by atoms with Gasteiger partial charge in [-0.2, -0.15) is 0 Å². The second-order valence-corrected chi connectivity index (χ2v) is 6.20. The summed E-state index contributed by atoms with van der Waals surface area (Å²) in [5, 5.41) is 9.28. The van der Waals surface area contributed by atoms with E-state index in [-0.39, 0.29) is 36.0 Å². The number of nitrogens with one attached hydrogen (secondary N) is 3. The number of hydrogen-bond acceptors (Lipinski definition) is 3. The summed E-state index contributed by atoms with van der Waals surface area (Å²) in [6, 6.07) is 17.1. The first-order valence-corrected chi connectivity index (χ1v) is 9.10. The third kappa shape index (κ3) is 8.16. The molecule has 0 radical (unpaired) electrons. The van der Waals surface area contributed by atoms with Crippen LogP contribution in [0.15, 0.2) is 59.6 Å². The number of halogens is 1. The van der Waals surface area contributed by atoms with E-state index in [2.05, 4.69) is 20.9 Å². The molecule has 0 heterocycles. The smallest absolute Gasteiger partial charge is 0.251 e. The average molecular weight is 496 g/mol. The van der Waals surface area contributed by atoms with Gasteiger partial charge in [0.05, 0.1) is 6.54 Å². The number of guanidine groups is 1. The van der Waals surface area contributed by atoms with E-state index in [9.17, 15) is 4.79 Å². The van der Waals surface area contributed by atoms with Gasteiger partial charge < -0.3 is 20.7 Å². The van der Waals surface area contributed by atoms with Gasteiger partial charge in [0.1, 0.15) is 11.9 Å². The average Bonchev–Trinajstić information content (AvgIpc) is 2.69. The fourth-order valence-corrected chi connectivity index (χ4v) is 2.46. The first kappa shape index (κ1) is 23.7. The summed E-state index contributed by atoms with van der Waals surface area (Å²) in [4.78, 5) is 16.2. The molecule has 0 aliphatic carbocycles. The number of benzene rings is 2. The van der Waals surface area contributed by atoms with Crippen LogP contribution >= 0.6 is 24.0 Å². The number of ether oxygens (including phenoxy) is 1. The summed E-state index contributed by atoms with van der Waals surface area (Å²) in [6.07, 6.45) is -0.0116. The summed E-state index contributed by atoms with van der Waals surface area (Å²) < 4.78 is 5.94. The van der Waals surface area contributed by atoms with Gasteiger partial charge in [0.15, 0.2) is 5.96 Å². The van der Waals surface area contributed by atoms with Crippen molar-refractivity contribution in [3.8, 4) is 5.75 Å². The Morgan fingerprint density at radius 3 is 2.32 bits per heavy atom. The zero-order valence-corrected chi connectivity index (χ0v) is 18.9. The molecule has 0 saturated heterocycles. The van der Waals surface area contributed by atoms with Crippen LogP contribution in [0, 0.1) is 6.92 Å². The zero-order chi connectivity index (χ0) is 19.5. The van der Waals surface area contributed by atoms with E-state index < -0.39 is 0 Å². The van der Waals surface area contributed by atoms with E-state index in [4.69, 9.17) is 4.74 Å². The van der Waals surface area contributed by atoms with Crippen molar-refractivity contribution in [1.29, 1.82) is 0 Å². The minimum Gasteiger partial charge on any atom is -0.489 e. The predicted molar refractivity (Wildman–Crippen MR) is 125 cm³/mol. The molecule has 28 heavy (non-hydrogen) atoms. The third-order valence-corrected chi connectivity index (χ3v) is 3.94. The molecule has 2 rings (SSSR count). The zero-order valence-electron chi connectivity index (χ0n) is 16.6. The Balaban J connectivity index is 0.00000392. The van der Waals surface area contributed by atoms with Crippen molar-refractivity contribution in [3.05, 3.63) is 65.7 Å². The fraction of sp³-hybridized carbons (Fsp3) is 0.333. The number of rotatable bonds is 8. The van der Waals surface area contributed by atoms with Gasteiger partial charge in [-0.3, -0.25) is 9.79 Å². The van der Waals surface area contributed by atoms with Crippen LogP contribution in [0.2, 0.25) is 0 Å². The van der Waals surface area contributed by atoms with Crippen molar-refractivity contribution in [2.45, 2.75) is 20.0 Å². The first-order chi connectivity index (χ1) is 13.1. The van der Waals surface area contributed by atoms with Crippen LogP contribution in [-0.2, 0) is 0 Å². The van der Waals surface area contributed by atoms with Gasteiger partial charge in [-0.25, -0.2) is 0 Å². The highest BCUT2D eigenvalue weighted by molar-refractivity contribution is 14.0. The highest BCUT2D eigenvalue weighted by atomic mass is 127. The van der Waals surface area contributed by atoms with Crippen molar-refractivity contribution < 1.29 is 9.53 Å². The second-order valence-electron chi connectivity index (χ2n) is 6.20. The SMILES string of the molecule is CN=C(NCCNC(=O)c1ccccc1)NCC(C)Oc1ccccc1C.I. The Bertz CT molecular complexity index is 753. The molecule has 0 spiro atoms. The lowest BCUT2D eigenvalue weighted by Gasteiger charge is -2.18. The maximum Gasteiger partial charge on any atom is 0.251 e. The molecule has 0 aromatic heterocycles. The molecule has 6 nitrogen and oxygen atoms in total. The van der Waals surface area contributed by atoms with E-state index in [1.807, 2.05) is 56.3 Å². The van der Waals surface area contributed by atoms with Crippen molar-refractivity contribution in [1.82, 2.24) is 16.0 Å². The molecule has 2 aromatic rings. The van der Waals surface area contributed by atoms with Crippen molar-refractivity contribution in [2.24, 2.45) is 4.99 Å². The molecular weight excluding hydrogens is 467 g/mol. The van der Waals surface area contributed by atoms with Crippen molar-refractivity contribution >= 4 is 35.8 Å². The molecule has 0 saturated carbocycles. The van der Waals surface area contributed by atoms with Crippen molar-refractivity contribution in [2.75, 3.05) is 26.7 Å². The van der Waals surface area contributed by atoms with Crippen LogP contribution in [0.5, 0.6) is 5.75 Å². The highest BCUT2D eigenvalue weighted by Crippen LogP contribution is 2.17. The molecule has 0 aliphatic heterocycles. The van der Waals surface area contributed by atoms with Crippen molar-refractivity contribution in [3.63, 3.8) is 0 Å². The number of carbonyl (C=O) groups excluding carboxylic acids is 1. The largest absolute Gasteiger partial charge is 0.489 e. The van der Waals surface area contributed by atoms with E-state index >= 15 is 0 Å². The summed E-state index contributed by atoms with van der Waals surface area (Å²) >= 11 is 0. The molecule has 2 aromatic carbocycles. The number of carbonyl (C=O) groups is 1. The van der Waals surface area contributed by atoms with E-state index in [1.165, 1.54) is 0 Å². The lowest BCUT2D eigenvalue weighted by Crippen LogP contribution is -2.44. The highest BCUT2D eigenvalue weighted by Gasteiger charge is 2.07. The molecular formula is C21H29IN4O2. The standard InChI is InChI=1S/C21H28N4O2.HI/c1-16-9-7-8-12-19(16)27-17(2)15-25-21(22-3)24-14-13-23-20(26)18-10-5-4-6-11-18;/h4-12,17H,13-15H2,1-3H3,(H,23,26)(H2,22,24,25);1H. The monoisotopic (exact) mass is 496 g/mol.